The second-order valence-electron chi connectivity index (χ2n) is 1.63. The topological polar surface area (TPSA) is 48.0 Å². The van der Waals surface area contributed by atoms with Crippen molar-refractivity contribution in [3.05, 3.63) is 28.7 Å². The molecule has 0 saturated carbocycles. The van der Waals surface area contributed by atoms with Crippen molar-refractivity contribution in [2.75, 3.05) is 5.84 Å². The molecule has 0 aliphatic rings. The van der Waals surface area contributed by atoms with E-state index in [1.54, 1.807) is 6.07 Å². The van der Waals surface area contributed by atoms with Crippen LogP contribution in [0, 0.1) is 0 Å². The molecule has 1 heterocycles. The lowest BCUT2D eigenvalue weighted by atomic mass is 10.5. The minimum atomic E-state index is -0.248. The molecule has 1 aromatic heterocycles. The Morgan fingerprint density at radius 2 is 2.33 bits per heavy atom. The van der Waals surface area contributed by atoms with Gasteiger partial charge in [0.15, 0.2) is 0 Å². The van der Waals surface area contributed by atoms with Crippen molar-refractivity contribution < 1.29 is 0 Å². The van der Waals surface area contributed by atoms with Crippen LogP contribution in [0.1, 0.15) is 0 Å². The zero-order chi connectivity index (χ0) is 6.85. The number of pyridine rings is 1. The molecule has 0 aliphatic carbocycles. The molecule has 0 bridgehead atoms. The fraction of sp³-hybridized carbons (Fsp3) is 0. The quantitative estimate of drug-likeness (QED) is 0.391. The van der Waals surface area contributed by atoms with Crippen LogP contribution in [0.4, 0.5) is 0 Å². The summed E-state index contributed by atoms with van der Waals surface area (Å²) in [5.74, 6) is 5.16. The molecule has 0 aliphatic heterocycles. The van der Waals surface area contributed by atoms with E-state index >= 15 is 0 Å². The Labute approximate surface area is 57.5 Å². The molecular formula is C5H6N2OS. The highest BCUT2D eigenvalue weighted by molar-refractivity contribution is 7.80. The molecule has 1 aromatic rings. The van der Waals surface area contributed by atoms with Gasteiger partial charge in [0, 0.05) is 17.2 Å². The molecule has 0 aromatic carbocycles. The first-order valence-electron chi connectivity index (χ1n) is 2.37. The summed E-state index contributed by atoms with van der Waals surface area (Å²) >= 11 is 3.93. The molecule has 3 nitrogen and oxygen atoms in total. The van der Waals surface area contributed by atoms with Crippen LogP contribution in [0.2, 0.25) is 0 Å². The van der Waals surface area contributed by atoms with Gasteiger partial charge in [0.2, 0.25) is 0 Å². The van der Waals surface area contributed by atoms with E-state index in [2.05, 4.69) is 12.6 Å². The van der Waals surface area contributed by atoms with E-state index in [0.29, 0.717) is 4.90 Å². The van der Waals surface area contributed by atoms with Gasteiger partial charge < -0.3 is 5.84 Å². The van der Waals surface area contributed by atoms with Gasteiger partial charge in [-0.25, -0.2) is 4.68 Å². The molecule has 0 radical (unpaired) electrons. The third-order valence-corrected chi connectivity index (χ3v) is 1.21. The summed E-state index contributed by atoms with van der Waals surface area (Å²) in [6, 6.07) is 2.99. The summed E-state index contributed by atoms with van der Waals surface area (Å²) in [6.07, 6.45) is 1.46. The van der Waals surface area contributed by atoms with Crippen LogP contribution in [0.25, 0.3) is 0 Å². The molecular weight excluding hydrogens is 136 g/mol. The monoisotopic (exact) mass is 142 g/mol. The van der Waals surface area contributed by atoms with Crippen LogP contribution in [0.3, 0.4) is 0 Å². The average Bonchev–Trinajstić information content (AvgIpc) is 1.80. The largest absolute Gasteiger partial charge is 0.336 e. The zero-order valence-corrected chi connectivity index (χ0v) is 5.51. The maximum absolute atomic E-state index is 10.6. The number of nitrogens with zero attached hydrogens (tertiary/aromatic N) is 1. The first kappa shape index (κ1) is 6.22. The van der Waals surface area contributed by atoms with E-state index in [1.165, 1.54) is 12.3 Å². The molecule has 0 atom stereocenters. The average molecular weight is 142 g/mol. The third-order valence-electron chi connectivity index (χ3n) is 0.932. The Balaban J connectivity index is 3.34. The van der Waals surface area contributed by atoms with Crippen LogP contribution < -0.4 is 11.4 Å². The van der Waals surface area contributed by atoms with E-state index in [9.17, 15) is 4.79 Å². The van der Waals surface area contributed by atoms with Crippen molar-refractivity contribution in [2.24, 2.45) is 0 Å². The molecule has 4 heteroatoms. The molecule has 1 rings (SSSR count). The molecule has 0 spiro atoms. The summed E-state index contributed by atoms with van der Waals surface area (Å²) in [7, 11) is 0. The molecule has 0 saturated heterocycles. The predicted octanol–water partition coefficient (Wildman–Crippen LogP) is -0.149. The lowest BCUT2D eigenvalue weighted by Crippen LogP contribution is -2.25. The van der Waals surface area contributed by atoms with Crippen LogP contribution in [0.15, 0.2) is 28.0 Å². The number of nitrogens with two attached hydrogens (primary N) is 1. The number of nitrogen functional groups attached to an aromatic ring is 1. The van der Waals surface area contributed by atoms with Crippen molar-refractivity contribution in [3.63, 3.8) is 0 Å². The number of hydrogen-bond acceptors (Lipinski definition) is 3. The molecule has 0 fully saturated rings. The van der Waals surface area contributed by atoms with Gasteiger partial charge in [-0.3, -0.25) is 4.79 Å². The van der Waals surface area contributed by atoms with Gasteiger partial charge in [-0.15, -0.1) is 12.6 Å². The number of rotatable bonds is 0. The number of hydrogen-bond donors (Lipinski definition) is 2. The summed E-state index contributed by atoms with van der Waals surface area (Å²) in [5.41, 5.74) is -0.248. The highest BCUT2D eigenvalue weighted by Crippen LogP contribution is 1.96. The van der Waals surface area contributed by atoms with Gasteiger partial charge in [0.25, 0.3) is 5.56 Å². The highest BCUT2D eigenvalue weighted by Gasteiger charge is 1.87. The third kappa shape index (κ3) is 1.26. The van der Waals surface area contributed by atoms with Crippen LogP contribution >= 0.6 is 12.6 Å². The van der Waals surface area contributed by atoms with Crippen molar-refractivity contribution in [1.29, 1.82) is 0 Å². The summed E-state index contributed by atoms with van der Waals surface area (Å²) in [5, 5.41) is 0. The Kier molecular flexibility index (Phi) is 1.48. The van der Waals surface area contributed by atoms with Crippen molar-refractivity contribution in [1.82, 2.24) is 4.68 Å². The lowest BCUT2D eigenvalue weighted by molar-refractivity contribution is 0.923. The smallest absolute Gasteiger partial charge is 0.269 e. The summed E-state index contributed by atoms with van der Waals surface area (Å²) < 4.78 is 1.000. The summed E-state index contributed by atoms with van der Waals surface area (Å²) in [6.45, 7) is 0. The van der Waals surface area contributed by atoms with Gasteiger partial charge in [0.1, 0.15) is 0 Å². The van der Waals surface area contributed by atoms with Crippen LogP contribution in [-0.2, 0) is 0 Å². The Morgan fingerprint density at radius 1 is 1.67 bits per heavy atom. The van der Waals surface area contributed by atoms with Gasteiger partial charge in [-0.1, -0.05) is 0 Å². The first-order chi connectivity index (χ1) is 4.20. The maximum atomic E-state index is 10.6. The first-order valence-corrected chi connectivity index (χ1v) is 2.81. The fourth-order valence-electron chi connectivity index (χ4n) is 0.479. The van der Waals surface area contributed by atoms with E-state index in [0.717, 1.165) is 4.68 Å². The van der Waals surface area contributed by atoms with Gasteiger partial charge in [-0.05, 0) is 6.07 Å². The zero-order valence-electron chi connectivity index (χ0n) is 4.61. The number of aromatic nitrogens is 1. The Morgan fingerprint density at radius 3 is 2.78 bits per heavy atom. The Hall–Kier alpha value is -0.900. The van der Waals surface area contributed by atoms with Crippen LogP contribution in [-0.4, -0.2) is 4.68 Å². The molecule has 2 N–H and O–H groups in total. The molecule has 0 amide bonds. The van der Waals surface area contributed by atoms with Crippen LogP contribution in [0.5, 0.6) is 0 Å². The minimum Gasteiger partial charge on any atom is -0.336 e. The second-order valence-corrected chi connectivity index (χ2v) is 2.15. The molecule has 0 unspecified atom stereocenters. The van der Waals surface area contributed by atoms with Crippen molar-refractivity contribution in [3.8, 4) is 0 Å². The minimum absolute atomic E-state index is 0.248. The van der Waals surface area contributed by atoms with E-state index < -0.39 is 0 Å². The van der Waals surface area contributed by atoms with E-state index in [4.69, 9.17) is 5.84 Å². The van der Waals surface area contributed by atoms with Gasteiger partial charge in [0.05, 0.1) is 0 Å². The SMILES string of the molecule is Nn1ccc(S)cc1=O. The maximum Gasteiger partial charge on any atom is 0.269 e. The Bertz CT molecular complexity index is 268. The predicted molar refractivity (Wildman–Crippen MR) is 38.1 cm³/mol. The highest BCUT2D eigenvalue weighted by atomic mass is 32.1. The molecule has 48 valence electrons. The van der Waals surface area contributed by atoms with Crippen molar-refractivity contribution in [2.45, 2.75) is 4.90 Å². The fourth-order valence-corrected chi connectivity index (χ4v) is 0.656. The van der Waals surface area contributed by atoms with E-state index in [-0.39, 0.29) is 5.56 Å². The standard InChI is InChI=1S/C5H6N2OS/c6-7-2-1-4(9)3-5(7)8/h1-3,9H,6H2. The lowest BCUT2D eigenvalue weighted by Gasteiger charge is -1.93. The van der Waals surface area contributed by atoms with E-state index in [1.807, 2.05) is 0 Å². The van der Waals surface area contributed by atoms with Gasteiger partial charge in [-0.2, -0.15) is 0 Å². The number of thiol groups is 1. The molecule has 9 heavy (non-hydrogen) atoms. The normalized spacial score (nSPS) is 9.44. The second kappa shape index (κ2) is 2.14. The van der Waals surface area contributed by atoms with Gasteiger partial charge >= 0.3 is 0 Å². The summed E-state index contributed by atoms with van der Waals surface area (Å²) in [4.78, 5) is 11.3. The van der Waals surface area contributed by atoms with Crippen molar-refractivity contribution >= 4 is 12.6 Å².